The maximum Gasteiger partial charge on any atom is 0.220 e. The maximum atomic E-state index is 12.2. The predicted octanol–water partition coefficient (Wildman–Crippen LogP) is 3.73. The fourth-order valence-electron chi connectivity index (χ4n) is 3.90. The number of carbonyl (C=O) groups is 1. The molecular formula is C24H29N5O. The Bertz CT molecular complexity index is 985. The lowest BCUT2D eigenvalue weighted by atomic mass is 10.1. The van der Waals surface area contributed by atoms with Gasteiger partial charge in [-0.25, -0.2) is 9.67 Å². The summed E-state index contributed by atoms with van der Waals surface area (Å²) in [5.74, 6) is 1.09. The van der Waals surface area contributed by atoms with Crippen molar-refractivity contribution in [2.45, 2.75) is 46.1 Å². The van der Waals surface area contributed by atoms with E-state index < -0.39 is 0 Å². The summed E-state index contributed by atoms with van der Waals surface area (Å²) in [5.41, 5.74) is 5.34. The minimum atomic E-state index is 0.0567. The number of anilines is 1. The number of pyridine rings is 1. The van der Waals surface area contributed by atoms with E-state index in [1.807, 2.05) is 24.7 Å². The van der Waals surface area contributed by atoms with Crippen LogP contribution in [-0.4, -0.2) is 33.8 Å². The van der Waals surface area contributed by atoms with Gasteiger partial charge >= 0.3 is 0 Å². The average molecular weight is 404 g/mol. The Balaban J connectivity index is 1.24. The molecule has 3 heterocycles. The van der Waals surface area contributed by atoms with E-state index in [2.05, 4.69) is 62.8 Å². The van der Waals surface area contributed by atoms with Crippen molar-refractivity contribution in [2.75, 3.05) is 18.0 Å². The van der Waals surface area contributed by atoms with E-state index in [-0.39, 0.29) is 5.91 Å². The summed E-state index contributed by atoms with van der Waals surface area (Å²) in [4.78, 5) is 19.1. The van der Waals surface area contributed by atoms with Crippen molar-refractivity contribution < 1.29 is 4.79 Å². The van der Waals surface area contributed by atoms with E-state index in [0.29, 0.717) is 13.0 Å². The van der Waals surface area contributed by atoms with Crippen molar-refractivity contribution in [2.24, 2.45) is 0 Å². The maximum absolute atomic E-state index is 12.2. The van der Waals surface area contributed by atoms with Crippen molar-refractivity contribution in [1.29, 1.82) is 0 Å². The van der Waals surface area contributed by atoms with Crippen LogP contribution < -0.4 is 10.2 Å². The van der Waals surface area contributed by atoms with E-state index in [9.17, 15) is 4.79 Å². The Morgan fingerprint density at radius 2 is 1.77 bits per heavy atom. The standard InChI is InChI=1S/C24H29N5O/c1-18-15-19(2)29(27-18)22-9-5-20(6-10-22)8-12-24(30)26-17-21-7-11-23(25-16-21)28-13-3-4-14-28/h5-7,9-11,15-16H,3-4,8,12-14,17H2,1-2H3,(H,26,30). The van der Waals surface area contributed by atoms with Gasteiger partial charge in [0.25, 0.3) is 0 Å². The quantitative estimate of drug-likeness (QED) is 0.653. The van der Waals surface area contributed by atoms with E-state index in [4.69, 9.17) is 0 Å². The van der Waals surface area contributed by atoms with Gasteiger partial charge in [-0.15, -0.1) is 0 Å². The summed E-state index contributed by atoms with van der Waals surface area (Å²) < 4.78 is 1.94. The number of hydrogen-bond donors (Lipinski definition) is 1. The molecule has 1 aliphatic rings. The van der Waals surface area contributed by atoms with Gasteiger partial charge < -0.3 is 10.2 Å². The van der Waals surface area contributed by atoms with Gasteiger partial charge in [-0.2, -0.15) is 5.10 Å². The van der Waals surface area contributed by atoms with Gasteiger partial charge in [0, 0.05) is 37.9 Å². The highest BCUT2D eigenvalue weighted by atomic mass is 16.1. The predicted molar refractivity (Wildman–Crippen MR) is 119 cm³/mol. The molecule has 0 unspecified atom stereocenters. The first-order valence-corrected chi connectivity index (χ1v) is 10.7. The Morgan fingerprint density at radius 3 is 2.40 bits per heavy atom. The first-order valence-electron chi connectivity index (χ1n) is 10.7. The third kappa shape index (κ3) is 4.87. The summed E-state index contributed by atoms with van der Waals surface area (Å²) in [7, 11) is 0. The van der Waals surface area contributed by atoms with Crippen LogP contribution in [0.5, 0.6) is 0 Å². The van der Waals surface area contributed by atoms with Crippen LogP contribution >= 0.6 is 0 Å². The van der Waals surface area contributed by atoms with Crippen molar-refractivity contribution in [1.82, 2.24) is 20.1 Å². The van der Waals surface area contributed by atoms with Crippen molar-refractivity contribution in [3.8, 4) is 5.69 Å². The van der Waals surface area contributed by atoms with Gasteiger partial charge in [-0.05, 0) is 68.5 Å². The zero-order valence-electron chi connectivity index (χ0n) is 17.8. The smallest absolute Gasteiger partial charge is 0.220 e. The molecule has 0 atom stereocenters. The zero-order chi connectivity index (χ0) is 20.9. The number of rotatable bonds is 7. The molecule has 0 radical (unpaired) electrons. The highest BCUT2D eigenvalue weighted by Crippen LogP contribution is 2.17. The van der Waals surface area contributed by atoms with Gasteiger partial charge in [-0.1, -0.05) is 18.2 Å². The zero-order valence-corrected chi connectivity index (χ0v) is 17.8. The number of nitrogens with one attached hydrogen (secondary N) is 1. The van der Waals surface area contributed by atoms with Gasteiger partial charge in [0.15, 0.2) is 0 Å². The van der Waals surface area contributed by atoms with Gasteiger partial charge in [-0.3, -0.25) is 4.79 Å². The molecule has 0 spiro atoms. The van der Waals surface area contributed by atoms with Crippen LogP contribution in [0.25, 0.3) is 5.69 Å². The molecule has 1 amide bonds. The lowest BCUT2D eigenvalue weighted by molar-refractivity contribution is -0.121. The highest BCUT2D eigenvalue weighted by molar-refractivity contribution is 5.76. The Hall–Kier alpha value is -3.15. The number of hydrogen-bond acceptors (Lipinski definition) is 4. The van der Waals surface area contributed by atoms with Crippen LogP contribution in [0.2, 0.25) is 0 Å². The fraction of sp³-hybridized carbons (Fsp3) is 0.375. The molecule has 1 aliphatic heterocycles. The number of carbonyl (C=O) groups excluding carboxylic acids is 1. The van der Waals surface area contributed by atoms with Crippen LogP contribution in [0.4, 0.5) is 5.82 Å². The van der Waals surface area contributed by atoms with Crippen LogP contribution in [0.15, 0.2) is 48.7 Å². The first kappa shape index (κ1) is 20.1. The molecule has 1 N–H and O–H groups in total. The van der Waals surface area contributed by atoms with Crippen LogP contribution in [0.3, 0.4) is 0 Å². The number of nitrogens with zero attached hydrogens (tertiary/aromatic N) is 4. The highest BCUT2D eigenvalue weighted by Gasteiger charge is 2.13. The minimum Gasteiger partial charge on any atom is -0.357 e. The third-order valence-corrected chi connectivity index (χ3v) is 5.56. The molecule has 1 fully saturated rings. The average Bonchev–Trinajstić information content (AvgIpc) is 3.41. The topological polar surface area (TPSA) is 63.1 Å². The molecule has 156 valence electrons. The molecule has 0 bridgehead atoms. The molecule has 6 nitrogen and oxygen atoms in total. The summed E-state index contributed by atoms with van der Waals surface area (Å²) in [6.45, 7) is 6.74. The van der Waals surface area contributed by atoms with Crippen molar-refractivity contribution in [3.63, 3.8) is 0 Å². The summed E-state index contributed by atoms with van der Waals surface area (Å²) in [5, 5.41) is 7.51. The molecule has 4 rings (SSSR count). The molecule has 1 aromatic carbocycles. The second kappa shape index (κ2) is 9.11. The Morgan fingerprint density at radius 1 is 1.03 bits per heavy atom. The molecule has 0 saturated carbocycles. The molecule has 1 saturated heterocycles. The van der Waals surface area contributed by atoms with Gasteiger partial charge in [0.2, 0.25) is 5.91 Å². The molecule has 3 aromatic rings. The Labute approximate surface area is 177 Å². The minimum absolute atomic E-state index is 0.0567. The van der Waals surface area contributed by atoms with Gasteiger partial charge in [0.05, 0.1) is 11.4 Å². The van der Waals surface area contributed by atoms with E-state index in [1.165, 1.54) is 12.8 Å². The van der Waals surface area contributed by atoms with Crippen LogP contribution in [-0.2, 0) is 17.8 Å². The lowest BCUT2D eigenvalue weighted by Gasteiger charge is -2.16. The van der Waals surface area contributed by atoms with E-state index >= 15 is 0 Å². The van der Waals surface area contributed by atoms with Crippen molar-refractivity contribution >= 4 is 11.7 Å². The second-order valence-electron chi connectivity index (χ2n) is 8.00. The summed E-state index contributed by atoms with van der Waals surface area (Å²) in [6, 6.07) is 14.4. The van der Waals surface area contributed by atoms with Gasteiger partial charge in [0.1, 0.15) is 5.82 Å². The third-order valence-electron chi connectivity index (χ3n) is 5.56. The first-order chi connectivity index (χ1) is 14.6. The fourth-order valence-corrected chi connectivity index (χ4v) is 3.90. The number of amides is 1. The summed E-state index contributed by atoms with van der Waals surface area (Å²) >= 11 is 0. The van der Waals surface area contributed by atoms with E-state index in [1.54, 1.807) is 0 Å². The second-order valence-corrected chi connectivity index (χ2v) is 8.00. The molecular weight excluding hydrogens is 374 g/mol. The lowest BCUT2D eigenvalue weighted by Crippen LogP contribution is -2.23. The molecule has 2 aromatic heterocycles. The largest absolute Gasteiger partial charge is 0.357 e. The Kier molecular flexibility index (Phi) is 6.12. The number of aryl methyl sites for hydroxylation is 3. The van der Waals surface area contributed by atoms with Crippen LogP contribution in [0.1, 0.15) is 41.8 Å². The van der Waals surface area contributed by atoms with Crippen LogP contribution in [0, 0.1) is 13.8 Å². The number of aromatic nitrogens is 3. The molecule has 30 heavy (non-hydrogen) atoms. The number of benzene rings is 1. The molecule has 0 aliphatic carbocycles. The van der Waals surface area contributed by atoms with E-state index in [0.717, 1.165) is 53.5 Å². The molecule has 6 heteroatoms. The monoisotopic (exact) mass is 403 g/mol. The van der Waals surface area contributed by atoms with Crippen molar-refractivity contribution in [3.05, 3.63) is 71.2 Å². The SMILES string of the molecule is Cc1cc(C)n(-c2ccc(CCC(=O)NCc3ccc(N4CCCC4)nc3)cc2)n1. The summed E-state index contributed by atoms with van der Waals surface area (Å²) in [6.07, 6.45) is 5.54. The normalized spacial score (nSPS) is 13.6.